The van der Waals surface area contributed by atoms with Crippen LogP contribution in [0.3, 0.4) is 0 Å². The quantitative estimate of drug-likeness (QED) is 0.0555. The molecule has 1 heterocycles. The van der Waals surface area contributed by atoms with Crippen LogP contribution >= 0.6 is 0 Å². The molecule has 1 amide bonds. The molecule has 13 nitrogen and oxygen atoms in total. The van der Waals surface area contributed by atoms with Gasteiger partial charge in [0.05, 0.1) is 43.8 Å². The first-order chi connectivity index (χ1) is 26.5. The highest BCUT2D eigenvalue weighted by molar-refractivity contribution is 5.96. The minimum atomic E-state index is -1.22. The number of oxime groups is 1. The minimum Gasteiger partial charge on any atom is -0.490 e. The van der Waals surface area contributed by atoms with Crippen LogP contribution in [0.1, 0.15) is 75.2 Å². The van der Waals surface area contributed by atoms with Gasteiger partial charge in [0.1, 0.15) is 12.2 Å². The van der Waals surface area contributed by atoms with Gasteiger partial charge in [0.25, 0.3) is 5.91 Å². The van der Waals surface area contributed by atoms with Crippen molar-refractivity contribution in [3.63, 3.8) is 0 Å². The van der Waals surface area contributed by atoms with E-state index in [1.165, 1.54) is 20.3 Å². The van der Waals surface area contributed by atoms with E-state index in [1.54, 1.807) is 64.2 Å². The van der Waals surface area contributed by atoms with Gasteiger partial charge in [-0.05, 0) is 51.7 Å². The molecule has 0 fully saturated rings. The number of carbonyl (C=O) groups is 2. The fourth-order valence-corrected chi connectivity index (χ4v) is 6.71. The van der Waals surface area contributed by atoms with Crippen LogP contribution < -0.4 is 5.32 Å². The van der Waals surface area contributed by atoms with E-state index in [0.717, 1.165) is 5.57 Å². The largest absolute Gasteiger partial charge is 0.490 e. The molecule has 1 rings (SSSR count). The Kier molecular flexibility index (Phi) is 23.7. The first kappa shape index (κ1) is 50.4. The Morgan fingerprint density at radius 2 is 1.79 bits per heavy atom. The molecule has 56 heavy (non-hydrogen) atoms. The predicted octanol–water partition coefficient (Wildman–Crippen LogP) is 4.56. The lowest BCUT2D eigenvalue weighted by molar-refractivity contribution is -0.161. The second-order valence-electron chi connectivity index (χ2n) is 14.9. The molecule has 0 aromatic rings. The molecule has 13 heteroatoms. The Morgan fingerprint density at radius 1 is 1.11 bits per heavy atom. The standard InChI is InChI=1S/C43H70N2O11/c1-12-15-35(47)28(5)18-19-34(45-55-25-38(48)44-20-21-46)31(8)41(51)32(9)42-36(53-10)17-14-16-26(3)22-29(6)39(49)33(13-2)40(50)30(7)23-27(4)24-37(54-11)43(52)56-42/h12,14-19,23-24,28-33,35-36,39-42,46-47,49-51H,13,20-22,25H2,1-11H3,(H,44,48). The zero-order chi connectivity index (χ0) is 42.5. The van der Waals surface area contributed by atoms with Gasteiger partial charge in [-0.2, -0.15) is 0 Å². The number of hydrogen-bond donors (Lipinski definition) is 6. The lowest BCUT2D eigenvalue weighted by atomic mass is 9.79. The van der Waals surface area contributed by atoms with Gasteiger partial charge in [-0.25, -0.2) is 4.79 Å². The molecule has 6 N–H and O–H groups in total. The van der Waals surface area contributed by atoms with Crippen LogP contribution in [0.5, 0.6) is 0 Å². The number of esters is 1. The maximum atomic E-state index is 13.8. The Bertz CT molecular complexity index is 1420. The van der Waals surface area contributed by atoms with E-state index >= 15 is 0 Å². The van der Waals surface area contributed by atoms with E-state index in [0.29, 0.717) is 18.4 Å². The molecule has 12 atom stereocenters. The molecule has 0 bridgehead atoms. The molecule has 1 aliphatic heterocycles. The van der Waals surface area contributed by atoms with Crippen LogP contribution in [-0.4, -0.2) is 114 Å². The van der Waals surface area contributed by atoms with Gasteiger partial charge < -0.3 is 49.9 Å². The molecular weight excluding hydrogens is 720 g/mol. The maximum absolute atomic E-state index is 13.8. The molecule has 0 radical (unpaired) electrons. The lowest BCUT2D eigenvalue weighted by Crippen LogP contribution is -2.45. The van der Waals surface area contributed by atoms with E-state index in [4.69, 9.17) is 24.2 Å². The fraction of sp³-hybridized carbons (Fsp3) is 0.651. The third kappa shape index (κ3) is 16.5. The molecule has 0 aromatic carbocycles. The average Bonchev–Trinajstić information content (AvgIpc) is 3.16. The van der Waals surface area contributed by atoms with Crippen molar-refractivity contribution in [3.8, 4) is 0 Å². The smallest absolute Gasteiger partial charge is 0.373 e. The first-order valence-electron chi connectivity index (χ1n) is 19.6. The van der Waals surface area contributed by atoms with Crippen molar-refractivity contribution in [3.05, 3.63) is 71.6 Å². The van der Waals surface area contributed by atoms with Crippen molar-refractivity contribution in [2.24, 2.45) is 40.7 Å². The van der Waals surface area contributed by atoms with E-state index in [9.17, 15) is 30.0 Å². The van der Waals surface area contributed by atoms with Crippen molar-refractivity contribution in [2.45, 2.75) is 112 Å². The second kappa shape index (κ2) is 26.4. The number of aliphatic hydroxyl groups is 5. The van der Waals surface area contributed by atoms with Crippen molar-refractivity contribution in [1.82, 2.24) is 5.32 Å². The number of nitrogens with one attached hydrogen (secondary N) is 1. The maximum Gasteiger partial charge on any atom is 0.373 e. The highest BCUT2D eigenvalue weighted by Gasteiger charge is 2.38. The van der Waals surface area contributed by atoms with Gasteiger partial charge in [-0.3, -0.25) is 4.79 Å². The lowest BCUT2D eigenvalue weighted by Gasteiger charge is -2.34. The molecule has 1 aliphatic rings. The summed E-state index contributed by atoms with van der Waals surface area (Å²) in [7, 11) is 2.82. The fourth-order valence-electron chi connectivity index (χ4n) is 6.71. The summed E-state index contributed by atoms with van der Waals surface area (Å²) in [6, 6.07) is 0. The Hall–Kier alpha value is -3.59. The van der Waals surface area contributed by atoms with E-state index < -0.39 is 66.9 Å². The number of hydrogen-bond acceptors (Lipinski definition) is 12. The number of aliphatic hydroxyl groups excluding tert-OH is 5. The van der Waals surface area contributed by atoms with Crippen molar-refractivity contribution < 1.29 is 54.2 Å². The molecule has 12 unspecified atom stereocenters. The Balaban J connectivity index is 3.75. The molecular formula is C43H70N2O11. The van der Waals surface area contributed by atoms with Gasteiger partial charge in [-0.15, -0.1) is 0 Å². The highest BCUT2D eigenvalue weighted by atomic mass is 16.6. The normalized spacial score (nSPS) is 27.9. The summed E-state index contributed by atoms with van der Waals surface area (Å²) in [5, 5.41) is 60.7. The number of rotatable bonds is 16. The minimum absolute atomic E-state index is 0.0515. The van der Waals surface area contributed by atoms with E-state index in [-0.39, 0.29) is 48.3 Å². The monoisotopic (exact) mass is 790 g/mol. The van der Waals surface area contributed by atoms with E-state index in [1.807, 2.05) is 46.8 Å². The third-order valence-corrected chi connectivity index (χ3v) is 10.3. The zero-order valence-electron chi connectivity index (χ0n) is 35.3. The molecule has 0 aliphatic carbocycles. The van der Waals surface area contributed by atoms with Gasteiger partial charge in [0, 0.05) is 43.2 Å². The second-order valence-corrected chi connectivity index (χ2v) is 14.9. The van der Waals surface area contributed by atoms with Gasteiger partial charge in [-0.1, -0.05) is 100 Å². The van der Waals surface area contributed by atoms with Crippen LogP contribution in [0, 0.1) is 35.5 Å². The number of nitrogens with zero attached hydrogens (tertiary/aromatic N) is 1. The van der Waals surface area contributed by atoms with Crippen molar-refractivity contribution in [2.75, 3.05) is 34.0 Å². The molecule has 0 saturated carbocycles. The third-order valence-electron chi connectivity index (χ3n) is 10.3. The summed E-state index contributed by atoms with van der Waals surface area (Å²) >= 11 is 0. The van der Waals surface area contributed by atoms with Gasteiger partial charge in [0.15, 0.2) is 6.61 Å². The number of carbonyl (C=O) groups excluding carboxylic acids is 2. The molecule has 318 valence electrons. The van der Waals surface area contributed by atoms with Crippen molar-refractivity contribution >= 4 is 17.6 Å². The highest BCUT2D eigenvalue weighted by Crippen LogP contribution is 2.30. The Morgan fingerprint density at radius 3 is 2.38 bits per heavy atom. The summed E-state index contributed by atoms with van der Waals surface area (Å²) < 4.78 is 17.5. The average molecular weight is 791 g/mol. The molecule has 0 aromatic heterocycles. The Labute approximate surface area is 334 Å². The summed E-state index contributed by atoms with van der Waals surface area (Å²) in [5.41, 5.74) is 1.86. The topological polar surface area (TPSA) is 197 Å². The first-order valence-corrected chi connectivity index (χ1v) is 19.6. The van der Waals surface area contributed by atoms with Crippen LogP contribution in [0.25, 0.3) is 0 Å². The number of cyclic esters (lactones) is 1. The zero-order valence-corrected chi connectivity index (χ0v) is 35.3. The number of methoxy groups -OCH3 is 2. The number of allylic oxidation sites excluding steroid dienone is 7. The van der Waals surface area contributed by atoms with Crippen molar-refractivity contribution in [1.29, 1.82) is 0 Å². The van der Waals surface area contributed by atoms with Gasteiger partial charge >= 0.3 is 5.97 Å². The molecule has 0 saturated heterocycles. The summed E-state index contributed by atoms with van der Waals surface area (Å²) in [5.74, 6) is -4.15. The van der Waals surface area contributed by atoms with E-state index in [2.05, 4.69) is 10.5 Å². The number of amides is 1. The summed E-state index contributed by atoms with van der Waals surface area (Å²) in [6.07, 6.45) is 11.1. The van der Waals surface area contributed by atoms with Crippen LogP contribution in [0.2, 0.25) is 0 Å². The predicted molar refractivity (Wildman–Crippen MR) is 218 cm³/mol. The summed E-state index contributed by atoms with van der Waals surface area (Å²) in [4.78, 5) is 31.3. The van der Waals surface area contributed by atoms with Crippen LogP contribution in [0.4, 0.5) is 0 Å². The van der Waals surface area contributed by atoms with Gasteiger partial charge in [0.2, 0.25) is 5.76 Å². The van der Waals surface area contributed by atoms with Crippen LogP contribution in [-0.2, 0) is 28.6 Å². The summed E-state index contributed by atoms with van der Waals surface area (Å²) in [6.45, 7) is 15.9. The number of ether oxygens (including phenoxy) is 3. The molecule has 0 spiro atoms. The SMILES string of the molecule is CC=CC(O)C(C)C=CC(=NOCC(=O)NCCO)C(C)C(O)C(C)C1OC(=O)C(OC)=CC(C)=CC(C)C(O)C(CC)C(O)C(C)CC(C)=CC=CC1OC. The van der Waals surface area contributed by atoms with Crippen LogP contribution in [0.15, 0.2) is 76.7 Å².